The minimum atomic E-state index is 0. The number of ketones is 1. The van der Waals surface area contributed by atoms with Gasteiger partial charge in [0, 0.05) is 5.56 Å². The van der Waals surface area contributed by atoms with Gasteiger partial charge in [0.15, 0.2) is 5.78 Å². The van der Waals surface area contributed by atoms with Gasteiger partial charge < -0.3 is 4.74 Å². The number of rotatable bonds is 4. The Kier molecular flexibility index (Phi) is 5.51. The minimum Gasteiger partial charge on any atom is -0.494 e. The van der Waals surface area contributed by atoms with E-state index >= 15 is 0 Å². The summed E-state index contributed by atoms with van der Waals surface area (Å²) in [7, 11) is 0. The Morgan fingerprint density at radius 3 is 2.15 bits per heavy atom. The number of hydrogen-bond donors (Lipinski definition) is 0. The fourth-order valence-corrected chi connectivity index (χ4v) is 2.15. The molecule has 106 valence electrons. The van der Waals surface area contributed by atoms with Crippen LogP contribution in [0.2, 0.25) is 0 Å². The van der Waals surface area contributed by atoms with E-state index in [1.54, 1.807) is 6.92 Å². The molecule has 0 aromatic heterocycles. The molecule has 2 aromatic carbocycles. The van der Waals surface area contributed by atoms with Gasteiger partial charge in [-0.2, -0.15) is 0 Å². The van der Waals surface area contributed by atoms with E-state index in [4.69, 9.17) is 4.74 Å². The molecule has 0 saturated carbocycles. The first-order chi connectivity index (χ1) is 9.11. The summed E-state index contributed by atoms with van der Waals surface area (Å²) >= 11 is 0. The van der Waals surface area contributed by atoms with Crippen molar-refractivity contribution in [1.82, 2.24) is 0 Å². The third-order valence-electron chi connectivity index (χ3n) is 3.10. The molecule has 0 N–H and O–H groups in total. The van der Waals surface area contributed by atoms with Crippen molar-refractivity contribution in [3.8, 4) is 16.9 Å². The van der Waals surface area contributed by atoms with Crippen molar-refractivity contribution in [3.63, 3.8) is 0 Å². The SMILES string of the molecule is C.CCOc1ccc(-c2ccc(C(C)=O)c(C)c2)cc1. The molecule has 0 atom stereocenters. The predicted molar refractivity (Wildman–Crippen MR) is 84.5 cm³/mol. The molecule has 0 aliphatic carbocycles. The zero-order chi connectivity index (χ0) is 13.8. The average molecular weight is 270 g/mol. The third kappa shape index (κ3) is 3.47. The summed E-state index contributed by atoms with van der Waals surface area (Å²) in [5.41, 5.74) is 4.04. The van der Waals surface area contributed by atoms with Gasteiger partial charge in [-0.3, -0.25) is 4.79 Å². The van der Waals surface area contributed by atoms with E-state index in [0.29, 0.717) is 6.61 Å². The van der Waals surface area contributed by atoms with E-state index in [9.17, 15) is 4.79 Å². The maximum atomic E-state index is 11.4. The molecule has 0 unspecified atom stereocenters. The number of carbonyl (C=O) groups excluding carboxylic acids is 1. The molecule has 0 spiro atoms. The van der Waals surface area contributed by atoms with Gasteiger partial charge in [0.1, 0.15) is 5.75 Å². The number of carbonyl (C=O) groups is 1. The van der Waals surface area contributed by atoms with Crippen LogP contribution in [-0.2, 0) is 0 Å². The zero-order valence-corrected chi connectivity index (χ0v) is 11.6. The molecule has 2 heteroatoms. The van der Waals surface area contributed by atoms with E-state index in [2.05, 4.69) is 0 Å². The lowest BCUT2D eigenvalue weighted by atomic mass is 9.98. The second-order valence-electron chi connectivity index (χ2n) is 4.54. The van der Waals surface area contributed by atoms with Crippen LogP contribution in [-0.4, -0.2) is 12.4 Å². The van der Waals surface area contributed by atoms with Gasteiger partial charge in [0.2, 0.25) is 0 Å². The highest BCUT2D eigenvalue weighted by atomic mass is 16.5. The van der Waals surface area contributed by atoms with Crippen molar-refractivity contribution in [2.75, 3.05) is 6.61 Å². The molecule has 2 nitrogen and oxygen atoms in total. The lowest BCUT2D eigenvalue weighted by Crippen LogP contribution is -1.96. The number of Topliss-reactive ketones (excluding diaryl/α,β-unsaturated/α-hetero) is 1. The van der Waals surface area contributed by atoms with Crippen LogP contribution in [0.4, 0.5) is 0 Å². The quantitative estimate of drug-likeness (QED) is 0.739. The number of hydrogen-bond acceptors (Lipinski definition) is 2. The molecule has 0 bridgehead atoms. The molecule has 0 aliphatic heterocycles. The lowest BCUT2D eigenvalue weighted by Gasteiger charge is -2.08. The second kappa shape index (κ2) is 6.90. The maximum absolute atomic E-state index is 11.4. The molecule has 0 fully saturated rings. The van der Waals surface area contributed by atoms with Gasteiger partial charge in [-0.05, 0) is 49.6 Å². The fraction of sp³-hybridized carbons (Fsp3) is 0.278. The van der Waals surface area contributed by atoms with Crippen molar-refractivity contribution in [1.29, 1.82) is 0 Å². The predicted octanol–water partition coefficient (Wildman–Crippen LogP) is 4.90. The molecule has 0 radical (unpaired) electrons. The molecule has 20 heavy (non-hydrogen) atoms. The van der Waals surface area contributed by atoms with Crippen LogP contribution in [0.1, 0.15) is 37.2 Å². The molecule has 0 amide bonds. The van der Waals surface area contributed by atoms with Crippen LogP contribution < -0.4 is 4.74 Å². The Hall–Kier alpha value is -2.09. The van der Waals surface area contributed by atoms with Crippen LogP contribution in [0.15, 0.2) is 42.5 Å². The van der Waals surface area contributed by atoms with Gasteiger partial charge in [0.25, 0.3) is 0 Å². The Balaban J connectivity index is 0.00000200. The highest BCUT2D eigenvalue weighted by Crippen LogP contribution is 2.24. The van der Waals surface area contributed by atoms with Gasteiger partial charge in [-0.15, -0.1) is 0 Å². The summed E-state index contributed by atoms with van der Waals surface area (Å²) in [5, 5.41) is 0. The topological polar surface area (TPSA) is 26.3 Å². The van der Waals surface area contributed by atoms with Crippen molar-refractivity contribution in [2.45, 2.75) is 28.2 Å². The van der Waals surface area contributed by atoms with Gasteiger partial charge in [0.05, 0.1) is 6.61 Å². The molecule has 0 aliphatic rings. The van der Waals surface area contributed by atoms with E-state index in [0.717, 1.165) is 28.0 Å². The zero-order valence-electron chi connectivity index (χ0n) is 11.6. The first kappa shape index (κ1) is 16.0. The number of ether oxygens (including phenoxy) is 1. The molecule has 2 rings (SSSR count). The van der Waals surface area contributed by atoms with Crippen LogP contribution in [0, 0.1) is 6.92 Å². The van der Waals surface area contributed by atoms with Crippen LogP contribution >= 0.6 is 0 Å². The standard InChI is InChI=1S/C17H18O2.CH4/c1-4-19-16-8-5-14(6-9-16)15-7-10-17(13(3)18)12(2)11-15;/h5-11H,4H2,1-3H3;1H4. The first-order valence-corrected chi connectivity index (χ1v) is 6.46. The third-order valence-corrected chi connectivity index (χ3v) is 3.10. The van der Waals surface area contributed by atoms with E-state index < -0.39 is 0 Å². The Morgan fingerprint density at radius 1 is 1.05 bits per heavy atom. The average Bonchev–Trinajstić information content (AvgIpc) is 2.39. The van der Waals surface area contributed by atoms with Crippen LogP contribution in [0.3, 0.4) is 0 Å². The summed E-state index contributed by atoms with van der Waals surface area (Å²) in [5.74, 6) is 0.985. The van der Waals surface area contributed by atoms with Gasteiger partial charge in [-0.1, -0.05) is 37.8 Å². The molecule has 0 saturated heterocycles. The van der Waals surface area contributed by atoms with Crippen molar-refractivity contribution in [2.24, 2.45) is 0 Å². The molecular formula is C18H22O2. The summed E-state index contributed by atoms with van der Waals surface area (Å²) in [6.45, 7) is 6.21. The Bertz CT molecular complexity index is 583. The van der Waals surface area contributed by atoms with Crippen LogP contribution in [0.5, 0.6) is 5.75 Å². The van der Waals surface area contributed by atoms with E-state index in [-0.39, 0.29) is 13.2 Å². The monoisotopic (exact) mass is 270 g/mol. The van der Waals surface area contributed by atoms with Crippen molar-refractivity contribution < 1.29 is 9.53 Å². The smallest absolute Gasteiger partial charge is 0.160 e. The minimum absolute atomic E-state index is 0. The highest BCUT2D eigenvalue weighted by Gasteiger charge is 2.05. The largest absolute Gasteiger partial charge is 0.494 e. The maximum Gasteiger partial charge on any atom is 0.160 e. The lowest BCUT2D eigenvalue weighted by molar-refractivity contribution is 0.101. The molecule has 2 aromatic rings. The van der Waals surface area contributed by atoms with E-state index in [1.165, 1.54) is 0 Å². The second-order valence-corrected chi connectivity index (χ2v) is 4.54. The summed E-state index contributed by atoms with van der Waals surface area (Å²) in [4.78, 5) is 11.4. The van der Waals surface area contributed by atoms with Gasteiger partial charge in [-0.25, -0.2) is 0 Å². The van der Waals surface area contributed by atoms with Crippen molar-refractivity contribution in [3.05, 3.63) is 53.6 Å². The normalized spacial score (nSPS) is 9.75. The number of benzene rings is 2. The summed E-state index contributed by atoms with van der Waals surface area (Å²) < 4.78 is 5.43. The van der Waals surface area contributed by atoms with Crippen LogP contribution in [0.25, 0.3) is 11.1 Å². The van der Waals surface area contributed by atoms with Crippen molar-refractivity contribution >= 4 is 5.78 Å². The fourth-order valence-electron chi connectivity index (χ4n) is 2.15. The Labute approximate surface area is 121 Å². The number of aryl methyl sites for hydroxylation is 1. The van der Waals surface area contributed by atoms with Gasteiger partial charge >= 0.3 is 0 Å². The Morgan fingerprint density at radius 2 is 1.65 bits per heavy atom. The van der Waals surface area contributed by atoms with E-state index in [1.807, 2.05) is 56.3 Å². The highest BCUT2D eigenvalue weighted by molar-refractivity contribution is 5.96. The first-order valence-electron chi connectivity index (χ1n) is 6.46. The molecular weight excluding hydrogens is 248 g/mol. The summed E-state index contributed by atoms with van der Waals surface area (Å²) in [6, 6.07) is 13.9. The molecule has 0 heterocycles. The summed E-state index contributed by atoms with van der Waals surface area (Å²) in [6.07, 6.45) is 0.